The van der Waals surface area contributed by atoms with Crippen LogP contribution in [-0.2, 0) is 0 Å². The van der Waals surface area contributed by atoms with Gasteiger partial charge in [0.15, 0.2) is 0 Å². The summed E-state index contributed by atoms with van der Waals surface area (Å²) in [5, 5.41) is 0. The summed E-state index contributed by atoms with van der Waals surface area (Å²) >= 11 is 5.59. The molecule has 0 aliphatic heterocycles. The normalized spacial score (nSPS) is 11.9. The number of hydrogen-bond donors (Lipinski definition) is 0. The van der Waals surface area contributed by atoms with E-state index < -0.39 is 11.3 Å². The third kappa shape index (κ3) is 36.6. The van der Waals surface area contributed by atoms with Crippen molar-refractivity contribution in [3.05, 3.63) is 0 Å². The van der Waals surface area contributed by atoms with E-state index in [-0.39, 0.29) is 57.1 Å². The van der Waals surface area contributed by atoms with Crippen LogP contribution < -0.4 is 29.6 Å². The van der Waals surface area contributed by atoms with Crippen molar-refractivity contribution in [3.63, 3.8) is 0 Å². The first-order chi connectivity index (χ1) is 11.2. The minimum absolute atomic E-state index is 0. The number of alkyl halides is 6. The van der Waals surface area contributed by atoms with E-state index in [9.17, 15) is 17.6 Å². The smallest absolute Gasteiger partial charge is 1.00 e. The van der Waals surface area contributed by atoms with E-state index in [2.05, 4.69) is 45.7 Å². The SMILES string of the molecule is CCCCCCC(Br)CC(F)(F)Br.CCCCCCCCC(F)F.[B].[H-].[Na+]. The number of unbranched alkanes of at least 4 members (excludes halogenated alkanes) is 8. The van der Waals surface area contributed by atoms with Crippen molar-refractivity contribution in [2.45, 2.75) is 113 Å². The molecule has 8 heteroatoms. The van der Waals surface area contributed by atoms with E-state index in [4.69, 9.17) is 0 Å². The maximum Gasteiger partial charge on any atom is 1.00 e. The Balaban J connectivity index is -0.000000109. The van der Waals surface area contributed by atoms with E-state index >= 15 is 0 Å². The Morgan fingerprint density at radius 3 is 1.62 bits per heavy atom. The molecule has 0 aromatic rings. The molecule has 0 saturated heterocycles. The Hall–Kier alpha value is 1.74. The molecule has 153 valence electrons. The van der Waals surface area contributed by atoms with Gasteiger partial charge >= 0.3 is 34.4 Å². The largest absolute Gasteiger partial charge is 1.00 e. The van der Waals surface area contributed by atoms with Crippen LogP contribution >= 0.6 is 31.9 Å². The van der Waals surface area contributed by atoms with Gasteiger partial charge in [0.05, 0.1) is 0 Å². The van der Waals surface area contributed by atoms with Gasteiger partial charge in [-0.25, -0.2) is 8.78 Å². The molecule has 1 atom stereocenters. The molecule has 0 amide bonds. The minimum Gasteiger partial charge on any atom is -1.00 e. The zero-order chi connectivity index (χ0) is 18.8. The molecule has 0 aliphatic rings. The zero-order valence-electron chi connectivity index (χ0n) is 17.7. The van der Waals surface area contributed by atoms with E-state index in [1.54, 1.807) is 0 Å². The third-order valence-corrected chi connectivity index (χ3v) is 4.71. The van der Waals surface area contributed by atoms with Crippen LogP contribution in [0.2, 0.25) is 0 Å². The van der Waals surface area contributed by atoms with Gasteiger partial charge in [0.2, 0.25) is 6.43 Å². The Morgan fingerprint density at radius 1 is 0.808 bits per heavy atom. The molecule has 0 rings (SSSR count). The summed E-state index contributed by atoms with van der Waals surface area (Å²) < 4.78 is 48.1. The van der Waals surface area contributed by atoms with Crippen LogP contribution in [-0.4, -0.2) is 24.5 Å². The van der Waals surface area contributed by atoms with Gasteiger partial charge in [-0.15, -0.1) is 0 Å². The predicted molar refractivity (Wildman–Crippen MR) is 111 cm³/mol. The van der Waals surface area contributed by atoms with Crippen LogP contribution in [0.15, 0.2) is 0 Å². The van der Waals surface area contributed by atoms with Crippen molar-refractivity contribution in [3.8, 4) is 0 Å². The fourth-order valence-corrected chi connectivity index (χ4v) is 3.78. The van der Waals surface area contributed by atoms with Crippen molar-refractivity contribution in [2.24, 2.45) is 0 Å². The second kappa shape index (κ2) is 24.8. The molecule has 0 nitrogen and oxygen atoms in total. The van der Waals surface area contributed by atoms with E-state index in [0.29, 0.717) is 6.42 Å². The van der Waals surface area contributed by atoms with Gasteiger partial charge in [-0.05, 0) is 28.8 Å². The molecule has 26 heavy (non-hydrogen) atoms. The van der Waals surface area contributed by atoms with Gasteiger partial charge in [-0.3, -0.25) is 0 Å². The van der Waals surface area contributed by atoms with Crippen LogP contribution in [0.4, 0.5) is 17.6 Å². The first kappa shape index (κ1) is 35.2. The number of halogens is 6. The molecule has 1 unspecified atom stereocenters. The van der Waals surface area contributed by atoms with Crippen molar-refractivity contribution >= 4 is 40.3 Å². The monoisotopic (exact) mass is 519 g/mol. The van der Waals surface area contributed by atoms with Gasteiger partial charge < -0.3 is 1.43 Å². The van der Waals surface area contributed by atoms with Crippen LogP contribution in [0.3, 0.4) is 0 Å². The molecular weight excluding hydrogens is 486 g/mol. The first-order valence-electron chi connectivity index (χ1n) is 9.21. The summed E-state index contributed by atoms with van der Waals surface area (Å²) in [5.41, 5.74) is 0. The van der Waals surface area contributed by atoms with Crippen LogP contribution in [0.25, 0.3) is 0 Å². The summed E-state index contributed by atoms with van der Waals surface area (Å²) in [7, 11) is 0. The third-order valence-electron chi connectivity index (χ3n) is 3.60. The summed E-state index contributed by atoms with van der Waals surface area (Å²) in [6, 6.07) is 0. The Morgan fingerprint density at radius 2 is 1.19 bits per heavy atom. The predicted octanol–water partition coefficient (Wildman–Crippen LogP) is 5.84. The van der Waals surface area contributed by atoms with Crippen LogP contribution in [0.5, 0.6) is 0 Å². The standard InChI is InChI=1S/C9H16Br2F2.C9H18F2.B.Na.H/c1-2-3-4-5-6-8(10)7-9(11,12)13;1-2-3-4-5-6-7-8-9(10)11;;;/h8H,2-7H2,1H3;9H,2-8H2,1H3;;;/q;;;+1;-1. The molecule has 0 bridgehead atoms. The minimum atomic E-state index is -2.72. The van der Waals surface area contributed by atoms with Crippen molar-refractivity contribution in [1.29, 1.82) is 0 Å². The molecule has 3 radical (unpaired) electrons. The average Bonchev–Trinajstić information content (AvgIpc) is 2.46. The molecule has 0 heterocycles. The van der Waals surface area contributed by atoms with Crippen LogP contribution in [0.1, 0.15) is 98.7 Å². The average molecular weight is 521 g/mol. The zero-order valence-corrected chi connectivity index (χ0v) is 21.9. The summed E-state index contributed by atoms with van der Waals surface area (Å²) in [4.78, 5) is -2.79. The van der Waals surface area contributed by atoms with Crippen LogP contribution in [0, 0.1) is 0 Å². The van der Waals surface area contributed by atoms with Gasteiger partial charge in [-0.2, -0.15) is 8.78 Å². The molecule has 0 saturated carbocycles. The maximum absolute atomic E-state index is 12.4. The van der Waals surface area contributed by atoms with E-state index in [1.165, 1.54) is 32.1 Å². The second-order valence-electron chi connectivity index (χ2n) is 6.21. The quantitative estimate of drug-likeness (QED) is 0.117. The van der Waals surface area contributed by atoms with Crippen molar-refractivity contribution in [2.75, 3.05) is 0 Å². The fraction of sp³-hybridized carbons (Fsp3) is 1.00. The molecule has 0 aliphatic carbocycles. The number of hydrogen-bond acceptors (Lipinski definition) is 0. The Labute approximate surface area is 201 Å². The summed E-state index contributed by atoms with van der Waals surface area (Å²) in [6.45, 7) is 4.29. The first-order valence-corrected chi connectivity index (χ1v) is 10.9. The summed E-state index contributed by atoms with van der Waals surface area (Å²) in [6.07, 6.45) is 9.73. The molecule has 0 aromatic heterocycles. The van der Waals surface area contributed by atoms with Gasteiger partial charge in [0.25, 0.3) is 0 Å². The Bertz CT molecular complexity index is 264. The topological polar surface area (TPSA) is 0 Å². The molecule has 0 spiro atoms. The van der Waals surface area contributed by atoms with Gasteiger partial charge in [0, 0.05) is 26.1 Å². The molecule has 0 aromatic carbocycles. The van der Waals surface area contributed by atoms with Crippen molar-refractivity contribution < 1.29 is 48.5 Å². The van der Waals surface area contributed by atoms with Gasteiger partial charge in [0.1, 0.15) is 0 Å². The van der Waals surface area contributed by atoms with E-state index in [0.717, 1.165) is 32.1 Å². The molecule has 0 fully saturated rings. The van der Waals surface area contributed by atoms with Gasteiger partial charge in [-0.1, -0.05) is 87.6 Å². The van der Waals surface area contributed by atoms with E-state index in [1.807, 2.05) is 0 Å². The molecule has 0 N–H and O–H groups in total. The number of rotatable bonds is 14. The van der Waals surface area contributed by atoms with Crippen molar-refractivity contribution in [1.82, 2.24) is 0 Å². The Kier molecular flexibility index (Phi) is 33.6. The fourth-order valence-electron chi connectivity index (χ4n) is 2.22. The second-order valence-corrected chi connectivity index (χ2v) is 8.67. The summed E-state index contributed by atoms with van der Waals surface area (Å²) in [5.74, 6) is 0. The maximum atomic E-state index is 12.4. The molecular formula is C18H35BBr2F4Na.